The predicted molar refractivity (Wildman–Crippen MR) is 65.9 cm³/mol. The number of hydrogen-bond donors (Lipinski definition) is 3. The molecule has 5 heteroatoms. The van der Waals surface area contributed by atoms with Gasteiger partial charge in [-0.1, -0.05) is 29.8 Å². The number of nitrogens with one attached hydrogen (secondary N) is 1. The van der Waals surface area contributed by atoms with Gasteiger partial charge in [-0.05, 0) is 18.1 Å². The predicted octanol–water partition coefficient (Wildman–Crippen LogP) is 0.742. The van der Waals surface area contributed by atoms with Gasteiger partial charge in [0.1, 0.15) is 0 Å². The van der Waals surface area contributed by atoms with Gasteiger partial charge in [0.2, 0.25) is 5.91 Å². The standard InChI is InChI=1S/C12H16ClNO3/c13-11-4-2-1-3-9(11)5-6-12(17)14-10(7-15)8-16/h1-4,10,15-16H,5-8H2,(H,14,17). The molecule has 0 radical (unpaired) electrons. The van der Waals surface area contributed by atoms with E-state index < -0.39 is 6.04 Å². The summed E-state index contributed by atoms with van der Waals surface area (Å²) in [6, 6.07) is 6.75. The number of amides is 1. The third-order valence-corrected chi connectivity index (χ3v) is 2.75. The Morgan fingerprint density at radius 2 is 1.94 bits per heavy atom. The Kier molecular flexibility index (Phi) is 5.97. The van der Waals surface area contributed by atoms with Crippen LogP contribution in [0.3, 0.4) is 0 Å². The Bertz CT molecular complexity index is 367. The molecule has 1 aromatic carbocycles. The Hall–Kier alpha value is -1.10. The van der Waals surface area contributed by atoms with Crippen molar-refractivity contribution in [3.8, 4) is 0 Å². The van der Waals surface area contributed by atoms with Crippen LogP contribution in [0.25, 0.3) is 0 Å². The second kappa shape index (κ2) is 7.27. The molecule has 0 unspecified atom stereocenters. The van der Waals surface area contributed by atoms with Gasteiger partial charge >= 0.3 is 0 Å². The number of halogens is 1. The molecule has 0 fully saturated rings. The minimum Gasteiger partial charge on any atom is -0.394 e. The lowest BCUT2D eigenvalue weighted by molar-refractivity contribution is -0.122. The molecule has 0 heterocycles. The van der Waals surface area contributed by atoms with E-state index in [9.17, 15) is 4.79 Å². The molecule has 17 heavy (non-hydrogen) atoms. The van der Waals surface area contributed by atoms with Gasteiger partial charge in [-0.25, -0.2) is 0 Å². The molecule has 94 valence electrons. The highest BCUT2D eigenvalue weighted by Gasteiger charge is 2.10. The lowest BCUT2D eigenvalue weighted by atomic mass is 10.1. The van der Waals surface area contributed by atoms with Gasteiger partial charge in [0.05, 0.1) is 19.3 Å². The van der Waals surface area contributed by atoms with Gasteiger partial charge in [0, 0.05) is 11.4 Å². The quantitative estimate of drug-likeness (QED) is 0.704. The fourth-order valence-corrected chi connectivity index (χ4v) is 1.63. The summed E-state index contributed by atoms with van der Waals surface area (Å²) in [5.41, 5.74) is 0.911. The number of aliphatic hydroxyl groups excluding tert-OH is 2. The minimum absolute atomic E-state index is 0.210. The van der Waals surface area contributed by atoms with Crippen LogP contribution in [0.5, 0.6) is 0 Å². The second-order valence-corrected chi connectivity index (χ2v) is 4.13. The van der Waals surface area contributed by atoms with Gasteiger partial charge < -0.3 is 15.5 Å². The summed E-state index contributed by atoms with van der Waals surface area (Å²) in [6.07, 6.45) is 0.815. The molecule has 1 amide bonds. The summed E-state index contributed by atoms with van der Waals surface area (Å²) < 4.78 is 0. The average Bonchev–Trinajstić information content (AvgIpc) is 2.35. The molecule has 1 rings (SSSR count). The van der Waals surface area contributed by atoms with Crippen molar-refractivity contribution in [1.29, 1.82) is 0 Å². The van der Waals surface area contributed by atoms with Gasteiger partial charge in [-0.2, -0.15) is 0 Å². The van der Waals surface area contributed by atoms with Gasteiger partial charge in [0.25, 0.3) is 0 Å². The first kappa shape index (κ1) is 14.0. The Morgan fingerprint density at radius 3 is 2.53 bits per heavy atom. The van der Waals surface area contributed by atoms with Crippen molar-refractivity contribution in [2.24, 2.45) is 0 Å². The summed E-state index contributed by atoms with van der Waals surface area (Å²) in [6.45, 7) is -0.539. The lowest BCUT2D eigenvalue weighted by Crippen LogP contribution is -2.40. The Morgan fingerprint density at radius 1 is 1.29 bits per heavy atom. The number of carbonyl (C=O) groups is 1. The van der Waals surface area contributed by atoms with Crippen LogP contribution >= 0.6 is 11.6 Å². The fourth-order valence-electron chi connectivity index (χ4n) is 1.40. The topological polar surface area (TPSA) is 69.6 Å². The van der Waals surface area contributed by atoms with E-state index in [-0.39, 0.29) is 25.5 Å². The molecule has 4 nitrogen and oxygen atoms in total. The van der Waals surface area contributed by atoms with Crippen LogP contribution in [0.15, 0.2) is 24.3 Å². The van der Waals surface area contributed by atoms with Gasteiger partial charge in [0.15, 0.2) is 0 Å². The van der Waals surface area contributed by atoms with Crippen LogP contribution in [0.4, 0.5) is 0 Å². The SMILES string of the molecule is O=C(CCc1ccccc1Cl)NC(CO)CO. The van der Waals surface area contributed by atoms with E-state index in [4.69, 9.17) is 21.8 Å². The van der Waals surface area contributed by atoms with E-state index >= 15 is 0 Å². The minimum atomic E-state index is -0.589. The summed E-state index contributed by atoms with van der Waals surface area (Å²) in [7, 11) is 0. The maximum absolute atomic E-state index is 11.5. The van der Waals surface area contributed by atoms with E-state index in [0.29, 0.717) is 11.4 Å². The van der Waals surface area contributed by atoms with Crippen LogP contribution < -0.4 is 5.32 Å². The molecule has 0 aliphatic heterocycles. The highest BCUT2D eigenvalue weighted by molar-refractivity contribution is 6.31. The number of aliphatic hydroxyl groups is 2. The zero-order chi connectivity index (χ0) is 12.7. The number of benzene rings is 1. The summed E-state index contributed by atoms with van der Waals surface area (Å²) in [4.78, 5) is 11.5. The van der Waals surface area contributed by atoms with Crippen LogP contribution in [-0.4, -0.2) is 35.4 Å². The molecular weight excluding hydrogens is 242 g/mol. The molecule has 0 spiro atoms. The molecule has 3 N–H and O–H groups in total. The average molecular weight is 258 g/mol. The third kappa shape index (κ3) is 4.73. The molecule has 0 saturated heterocycles. The van der Waals surface area contributed by atoms with Crippen molar-refractivity contribution >= 4 is 17.5 Å². The molecular formula is C12H16ClNO3. The second-order valence-electron chi connectivity index (χ2n) is 3.72. The van der Waals surface area contributed by atoms with Crippen molar-refractivity contribution in [3.05, 3.63) is 34.9 Å². The first-order valence-corrected chi connectivity index (χ1v) is 5.79. The van der Waals surface area contributed by atoms with E-state index in [0.717, 1.165) is 5.56 Å². The summed E-state index contributed by atoms with van der Waals surface area (Å²) >= 11 is 5.96. The molecule has 0 aliphatic carbocycles. The third-order valence-electron chi connectivity index (χ3n) is 2.39. The zero-order valence-corrected chi connectivity index (χ0v) is 10.2. The first-order chi connectivity index (χ1) is 8.17. The fraction of sp³-hybridized carbons (Fsp3) is 0.417. The maximum Gasteiger partial charge on any atom is 0.220 e. The Labute approximate surface area is 105 Å². The smallest absolute Gasteiger partial charge is 0.220 e. The van der Waals surface area contributed by atoms with E-state index in [1.807, 2.05) is 18.2 Å². The molecule has 0 aliphatic rings. The van der Waals surface area contributed by atoms with Crippen molar-refractivity contribution in [2.75, 3.05) is 13.2 Å². The Balaban J connectivity index is 2.41. The van der Waals surface area contributed by atoms with E-state index in [1.165, 1.54) is 0 Å². The number of rotatable bonds is 6. The van der Waals surface area contributed by atoms with Gasteiger partial charge in [-0.3, -0.25) is 4.79 Å². The van der Waals surface area contributed by atoms with Crippen LogP contribution in [0.2, 0.25) is 5.02 Å². The zero-order valence-electron chi connectivity index (χ0n) is 9.40. The summed E-state index contributed by atoms with van der Waals surface area (Å²) in [5.74, 6) is -0.210. The molecule has 0 aromatic heterocycles. The number of carbonyl (C=O) groups excluding carboxylic acids is 1. The van der Waals surface area contributed by atoms with Crippen molar-refractivity contribution < 1.29 is 15.0 Å². The van der Waals surface area contributed by atoms with E-state index in [1.54, 1.807) is 6.07 Å². The van der Waals surface area contributed by atoms with E-state index in [2.05, 4.69) is 5.32 Å². The highest BCUT2D eigenvalue weighted by atomic mass is 35.5. The lowest BCUT2D eigenvalue weighted by Gasteiger charge is -2.13. The van der Waals surface area contributed by atoms with Crippen molar-refractivity contribution in [2.45, 2.75) is 18.9 Å². The highest BCUT2D eigenvalue weighted by Crippen LogP contribution is 2.16. The van der Waals surface area contributed by atoms with Crippen LogP contribution in [-0.2, 0) is 11.2 Å². The van der Waals surface area contributed by atoms with Crippen LogP contribution in [0.1, 0.15) is 12.0 Å². The van der Waals surface area contributed by atoms with Crippen molar-refractivity contribution in [3.63, 3.8) is 0 Å². The maximum atomic E-state index is 11.5. The molecule has 0 atom stereocenters. The largest absolute Gasteiger partial charge is 0.394 e. The molecule has 0 bridgehead atoms. The first-order valence-electron chi connectivity index (χ1n) is 5.42. The molecule has 0 saturated carbocycles. The molecule has 1 aromatic rings. The van der Waals surface area contributed by atoms with Gasteiger partial charge in [-0.15, -0.1) is 0 Å². The summed E-state index contributed by atoms with van der Waals surface area (Å²) in [5, 5.41) is 20.8. The van der Waals surface area contributed by atoms with Crippen LogP contribution in [0, 0.1) is 0 Å². The van der Waals surface area contributed by atoms with Crippen molar-refractivity contribution in [1.82, 2.24) is 5.32 Å². The number of hydrogen-bond acceptors (Lipinski definition) is 3. The monoisotopic (exact) mass is 257 g/mol. The normalized spacial score (nSPS) is 10.6. The number of aryl methyl sites for hydroxylation is 1.